The third kappa shape index (κ3) is 6.60. The number of sulfone groups is 1. The van der Waals surface area contributed by atoms with Crippen LogP contribution in [0.5, 0.6) is 5.75 Å². The molecule has 170 valence electrons. The summed E-state index contributed by atoms with van der Waals surface area (Å²) in [5, 5.41) is -0.244. The topological polar surface area (TPSA) is 46.6 Å². The quantitative estimate of drug-likeness (QED) is 0.535. The van der Waals surface area contributed by atoms with Crippen LogP contribution in [0, 0.1) is 5.92 Å². The lowest BCUT2D eigenvalue weighted by atomic mass is 10.1. The Kier molecular flexibility index (Phi) is 7.23. The highest BCUT2D eigenvalue weighted by Gasteiger charge is 2.34. The molecule has 1 heterocycles. The number of ether oxygens (including phenoxy) is 1. The van der Waals surface area contributed by atoms with E-state index in [2.05, 4.69) is 4.90 Å². The SMILES string of the molecule is CC(C)Oc1ccc(CN2CC[C@@H](CS(=O)(=O)c3cc(Cl)cc(C(F)(F)F)c3)C2)cc1. The number of rotatable bonds is 7. The fraction of sp³-hybridized carbons (Fsp3) is 0.455. The van der Waals surface area contributed by atoms with Crippen molar-refractivity contribution in [1.29, 1.82) is 0 Å². The molecule has 0 spiro atoms. The zero-order valence-corrected chi connectivity index (χ0v) is 18.9. The third-order valence-electron chi connectivity index (χ3n) is 5.08. The number of alkyl halides is 3. The third-order valence-corrected chi connectivity index (χ3v) is 7.17. The van der Waals surface area contributed by atoms with Gasteiger partial charge in [-0.1, -0.05) is 23.7 Å². The lowest BCUT2D eigenvalue weighted by Gasteiger charge is -2.17. The number of benzene rings is 2. The van der Waals surface area contributed by atoms with Gasteiger partial charge in [-0.15, -0.1) is 0 Å². The van der Waals surface area contributed by atoms with Crippen LogP contribution in [0.2, 0.25) is 5.02 Å². The van der Waals surface area contributed by atoms with E-state index in [0.29, 0.717) is 25.6 Å². The minimum absolute atomic E-state index is 0.0962. The van der Waals surface area contributed by atoms with E-state index in [0.717, 1.165) is 30.0 Å². The highest BCUT2D eigenvalue weighted by atomic mass is 35.5. The largest absolute Gasteiger partial charge is 0.491 e. The Morgan fingerprint density at radius 2 is 1.84 bits per heavy atom. The van der Waals surface area contributed by atoms with Crippen molar-refractivity contribution in [2.75, 3.05) is 18.8 Å². The van der Waals surface area contributed by atoms with Crippen molar-refractivity contribution in [1.82, 2.24) is 4.90 Å². The summed E-state index contributed by atoms with van der Waals surface area (Å²) in [6, 6.07) is 10.2. The van der Waals surface area contributed by atoms with Crippen LogP contribution in [0.15, 0.2) is 47.4 Å². The van der Waals surface area contributed by atoms with E-state index in [4.69, 9.17) is 16.3 Å². The zero-order valence-electron chi connectivity index (χ0n) is 17.3. The highest BCUT2D eigenvalue weighted by Crippen LogP contribution is 2.34. The summed E-state index contributed by atoms with van der Waals surface area (Å²) < 4.78 is 70.2. The van der Waals surface area contributed by atoms with Gasteiger partial charge in [0.25, 0.3) is 0 Å². The van der Waals surface area contributed by atoms with E-state index in [-0.39, 0.29) is 27.7 Å². The molecule has 2 aromatic carbocycles. The Labute approximate surface area is 185 Å². The number of hydrogen-bond acceptors (Lipinski definition) is 4. The maximum absolute atomic E-state index is 13.0. The van der Waals surface area contributed by atoms with Crippen LogP contribution in [0.25, 0.3) is 0 Å². The van der Waals surface area contributed by atoms with E-state index < -0.39 is 21.6 Å². The average Bonchev–Trinajstić information content (AvgIpc) is 3.08. The summed E-state index contributed by atoms with van der Waals surface area (Å²) in [7, 11) is -3.89. The lowest BCUT2D eigenvalue weighted by Crippen LogP contribution is -2.23. The molecule has 9 heteroatoms. The molecule has 0 unspecified atom stereocenters. The molecule has 0 bridgehead atoms. The van der Waals surface area contributed by atoms with Crippen molar-refractivity contribution in [3.05, 3.63) is 58.6 Å². The highest BCUT2D eigenvalue weighted by molar-refractivity contribution is 7.91. The predicted octanol–water partition coefficient (Wildman–Crippen LogP) is 5.44. The van der Waals surface area contributed by atoms with Crippen LogP contribution in [-0.2, 0) is 22.6 Å². The maximum Gasteiger partial charge on any atom is 0.416 e. The zero-order chi connectivity index (χ0) is 22.8. The van der Waals surface area contributed by atoms with Gasteiger partial charge in [-0.25, -0.2) is 8.42 Å². The molecule has 1 saturated heterocycles. The number of hydrogen-bond donors (Lipinski definition) is 0. The minimum Gasteiger partial charge on any atom is -0.491 e. The van der Waals surface area contributed by atoms with Crippen molar-refractivity contribution in [3.63, 3.8) is 0 Å². The Morgan fingerprint density at radius 3 is 2.45 bits per heavy atom. The Bertz CT molecular complexity index is 1010. The molecular weight excluding hydrogens is 451 g/mol. The predicted molar refractivity (Wildman–Crippen MR) is 114 cm³/mol. The second kappa shape index (κ2) is 9.38. The molecule has 0 radical (unpaired) electrons. The second-order valence-corrected chi connectivity index (χ2v) is 10.6. The van der Waals surface area contributed by atoms with Crippen molar-refractivity contribution in [2.24, 2.45) is 5.92 Å². The average molecular weight is 476 g/mol. The number of halogens is 4. The smallest absolute Gasteiger partial charge is 0.416 e. The fourth-order valence-corrected chi connectivity index (χ4v) is 5.71. The van der Waals surface area contributed by atoms with Crippen molar-refractivity contribution < 1.29 is 26.3 Å². The number of nitrogens with zero attached hydrogens (tertiary/aromatic N) is 1. The maximum atomic E-state index is 13.0. The van der Waals surface area contributed by atoms with Crippen LogP contribution in [-0.4, -0.2) is 38.3 Å². The molecule has 0 saturated carbocycles. The summed E-state index contributed by atoms with van der Waals surface area (Å²) in [6.45, 7) is 5.89. The van der Waals surface area contributed by atoms with Crippen LogP contribution in [0.1, 0.15) is 31.4 Å². The summed E-state index contributed by atoms with van der Waals surface area (Å²) in [5.74, 6) is 0.438. The van der Waals surface area contributed by atoms with Gasteiger partial charge in [0.2, 0.25) is 0 Å². The molecule has 0 amide bonds. The summed E-state index contributed by atoms with van der Waals surface area (Å²) in [4.78, 5) is 1.77. The normalized spacial score (nSPS) is 18.0. The monoisotopic (exact) mass is 475 g/mol. The molecule has 3 rings (SSSR count). The van der Waals surface area contributed by atoms with E-state index >= 15 is 0 Å². The first-order valence-electron chi connectivity index (χ1n) is 10.0. The van der Waals surface area contributed by atoms with Gasteiger partial charge in [0.1, 0.15) is 5.75 Å². The molecule has 1 atom stereocenters. The Hall–Kier alpha value is -1.77. The van der Waals surface area contributed by atoms with Gasteiger partial charge in [-0.05, 0) is 68.6 Å². The first-order chi connectivity index (χ1) is 14.4. The van der Waals surface area contributed by atoms with Gasteiger partial charge in [0.05, 0.1) is 22.3 Å². The first kappa shape index (κ1) is 23.9. The molecule has 1 aliphatic heterocycles. The molecule has 4 nitrogen and oxygen atoms in total. The summed E-state index contributed by atoms with van der Waals surface area (Å²) in [6.07, 6.45) is -3.89. The van der Waals surface area contributed by atoms with Crippen LogP contribution in [0.4, 0.5) is 13.2 Å². The lowest BCUT2D eigenvalue weighted by molar-refractivity contribution is -0.137. The molecule has 2 aromatic rings. The van der Waals surface area contributed by atoms with Gasteiger partial charge < -0.3 is 4.74 Å². The standard InChI is InChI=1S/C22H25ClF3NO3S/c1-15(2)30-20-5-3-16(4-6-20)12-27-8-7-17(13-27)14-31(28,29)21-10-18(22(24,25)26)9-19(23)11-21/h3-6,9-11,15,17H,7-8,12-14H2,1-2H3/t17-/m1/s1. The Morgan fingerprint density at radius 1 is 1.16 bits per heavy atom. The van der Waals surface area contributed by atoms with Crippen molar-refractivity contribution >= 4 is 21.4 Å². The van der Waals surface area contributed by atoms with Crippen molar-refractivity contribution in [3.8, 4) is 5.75 Å². The molecule has 0 aliphatic carbocycles. The van der Waals surface area contributed by atoms with Gasteiger partial charge in [-0.3, -0.25) is 4.90 Å². The van der Waals surface area contributed by atoms with Gasteiger partial charge in [-0.2, -0.15) is 13.2 Å². The van der Waals surface area contributed by atoms with Gasteiger partial charge >= 0.3 is 6.18 Å². The van der Waals surface area contributed by atoms with Gasteiger partial charge in [0, 0.05) is 18.1 Å². The van der Waals surface area contributed by atoms with E-state index in [1.54, 1.807) is 0 Å². The van der Waals surface area contributed by atoms with Crippen LogP contribution >= 0.6 is 11.6 Å². The Balaban J connectivity index is 1.62. The summed E-state index contributed by atoms with van der Waals surface area (Å²) in [5.41, 5.74) is 0.0285. The molecule has 1 fully saturated rings. The molecule has 0 aromatic heterocycles. The van der Waals surface area contributed by atoms with Crippen LogP contribution in [0.3, 0.4) is 0 Å². The van der Waals surface area contributed by atoms with Gasteiger partial charge in [0.15, 0.2) is 9.84 Å². The molecule has 31 heavy (non-hydrogen) atoms. The second-order valence-electron chi connectivity index (χ2n) is 8.16. The molecular formula is C22H25ClF3NO3S. The first-order valence-corrected chi connectivity index (χ1v) is 12.0. The molecule has 0 N–H and O–H groups in total. The minimum atomic E-state index is -4.66. The van der Waals surface area contributed by atoms with Crippen LogP contribution < -0.4 is 4.74 Å². The van der Waals surface area contributed by atoms with E-state index in [1.807, 2.05) is 38.1 Å². The van der Waals surface area contributed by atoms with E-state index in [1.165, 1.54) is 0 Å². The summed E-state index contributed by atoms with van der Waals surface area (Å²) >= 11 is 5.75. The number of likely N-dealkylation sites (tertiary alicyclic amines) is 1. The fourth-order valence-electron chi connectivity index (χ4n) is 3.71. The van der Waals surface area contributed by atoms with Crippen molar-refractivity contribution in [2.45, 2.75) is 44.0 Å². The van der Waals surface area contributed by atoms with E-state index in [9.17, 15) is 21.6 Å². The molecule has 1 aliphatic rings.